The summed E-state index contributed by atoms with van der Waals surface area (Å²) in [4.78, 5) is 31.4. The summed E-state index contributed by atoms with van der Waals surface area (Å²) in [6.45, 7) is 6.38. The number of anilines is 2. The number of nitrogens with zero attached hydrogens (tertiary/aromatic N) is 2. The van der Waals surface area contributed by atoms with E-state index in [1.54, 1.807) is 11.0 Å². The summed E-state index contributed by atoms with van der Waals surface area (Å²) in [5, 5.41) is 2.90. The Bertz CT molecular complexity index is 1000. The summed E-state index contributed by atoms with van der Waals surface area (Å²) < 4.78 is 0. The number of hydrogen-bond donors (Lipinski definition) is 1. The maximum Gasteiger partial charge on any atom is 0.259 e. The highest BCUT2D eigenvalue weighted by molar-refractivity contribution is 6.09. The van der Waals surface area contributed by atoms with Gasteiger partial charge in [0, 0.05) is 30.3 Å². The van der Waals surface area contributed by atoms with Crippen LogP contribution < -0.4 is 10.2 Å². The predicted octanol–water partition coefficient (Wildman–Crippen LogP) is 4.62. The Morgan fingerprint density at radius 2 is 1.68 bits per heavy atom. The van der Waals surface area contributed by atoms with Gasteiger partial charge < -0.3 is 10.2 Å². The van der Waals surface area contributed by atoms with Crippen LogP contribution in [0, 0.1) is 13.8 Å². The van der Waals surface area contributed by atoms with Gasteiger partial charge in [-0.1, -0.05) is 30.3 Å². The normalized spacial score (nSPS) is 10.4. The summed E-state index contributed by atoms with van der Waals surface area (Å²) in [6.07, 6.45) is 2.96. The van der Waals surface area contributed by atoms with Crippen LogP contribution in [0.5, 0.6) is 0 Å². The van der Waals surface area contributed by atoms with E-state index < -0.39 is 0 Å². The summed E-state index contributed by atoms with van der Waals surface area (Å²) >= 11 is 0. The summed E-state index contributed by atoms with van der Waals surface area (Å²) in [6, 6.07) is 16.8. The summed E-state index contributed by atoms with van der Waals surface area (Å²) in [7, 11) is 0. The maximum atomic E-state index is 13.0. The van der Waals surface area contributed by atoms with Gasteiger partial charge >= 0.3 is 0 Å². The molecule has 0 aliphatic rings. The Balaban J connectivity index is 1.84. The molecular weight excluding hydrogens is 350 g/mol. The second kappa shape index (κ2) is 8.48. The zero-order chi connectivity index (χ0) is 20.1. The molecule has 0 aliphatic carbocycles. The summed E-state index contributed by atoms with van der Waals surface area (Å²) in [5.74, 6) is -0.485. The van der Waals surface area contributed by atoms with Crippen LogP contribution in [0.15, 0.2) is 67.0 Å². The standard InChI is InChI=1S/C23H23N3O2/c1-4-26(20-10-6-5-7-11-20)23(28)19-13-18(14-24-15-19)22(27)25-21-12-8-9-16(2)17(21)3/h5-15H,4H2,1-3H3,(H,25,27). The van der Waals surface area contributed by atoms with Crippen LogP contribution >= 0.6 is 0 Å². The number of aromatic nitrogens is 1. The lowest BCUT2D eigenvalue weighted by atomic mass is 10.1. The van der Waals surface area contributed by atoms with Crippen molar-refractivity contribution in [1.82, 2.24) is 4.98 Å². The zero-order valence-electron chi connectivity index (χ0n) is 16.3. The molecule has 0 unspecified atom stereocenters. The molecule has 1 aromatic heterocycles. The van der Waals surface area contributed by atoms with E-state index in [1.165, 1.54) is 12.4 Å². The largest absolute Gasteiger partial charge is 0.322 e. The smallest absolute Gasteiger partial charge is 0.259 e. The third-order valence-electron chi connectivity index (χ3n) is 4.73. The molecule has 0 spiro atoms. The second-order valence-corrected chi connectivity index (χ2v) is 6.55. The van der Waals surface area contributed by atoms with Crippen molar-refractivity contribution in [2.45, 2.75) is 20.8 Å². The SMILES string of the molecule is CCN(C(=O)c1cncc(C(=O)Nc2cccc(C)c2C)c1)c1ccccc1. The minimum Gasteiger partial charge on any atom is -0.322 e. The molecule has 3 aromatic rings. The Labute approximate surface area is 165 Å². The number of nitrogens with one attached hydrogen (secondary N) is 1. The Morgan fingerprint density at radius 1 is 0.964 bits per heavy atom. The minimum atomic E-state index is -0.293. The van der Waals surface area contributed by atoms with Crippen molar-refractivity contribution in [1.29, 1.82) is 0 Å². The molecule has 1 N–H and O–H groups in total. The molecule has 2 amide bonds. The van der Waals surface area contributed by atoms with Crippen molar-refractivity contribution in [2.75, 3.05) is 16.8 Å². The molecule has 0 saturated heterocycles. The number of benzene rings is 2. The fourth-order valence-electron chi connectivity index (χ4n) is 2.97. The van der Waals surface area contributed by atoms with Crippen LogP contribution in [-0.2, 0) is 0 Å². The molecule has 5 nitrogen and oxygen atoms in total. The van der Waals surface area contributed by atoms with E-state index in [-0.39, 0.29) is 11.8 Å². The van der Waals surface area contributed by atoms with Gasteiger partial charge in [0.25, 0.3) is 11.8 Å². The van der Waals surface area contributed by atoms with Gasteiger partial charge in [0.05, 0.1) is 11.1 Å². The van der Waals surface area contributed by atoms with Crippen molar-refractivity contribution in [3.8, 4) is 0 Å². The second-order valence-electron chi connectivity index (χ2n) is 6.55. The highest BCUT2D eigenvalue weighted by atomic mass is 16.2. The molecule has 0 saturated carbocycles. The molecule has 0 bridgehead atoms. The minimum absolute atomic E-state index is 0.192. The molecule has 2 aromatic carbocycles. The first-order chi connectivity index (χ1) is 13.5. The van der Waals surface area contributed by atoms with Crippen LogP contribution in [0.2, 0.25) is 0 Å². The quantitative estimate of drug-likeness (QED) is 0.710. The van der Waals surface area contributed by atoms with Crippen molar-refractivity contribution < 1.29 is 9.59 Å². The molecular formula is C23H23N3O2. The third-order valence-corrected chi connectivity index (χ3v) is 4.73. The molecule has 28 heavy (non-hydrogen) atoms. The van der Waals surface area contributed by atoms with Gasteiger partial charge in [-0.15, -0.1) is 0 Å². The van der Waals surface area contributed by atoms with E-state index in [2.05, 4.69) is 10.3 Å². The number of carbonyl (C=O) groups excluding carboxylic acids is 2. The molecule has 0 atom stereocenters. The molecule has 0 aliphatic heterocycles. The van der Waals surface area contributed by atoms with E-state index >= 15 is 0 Å². The van der Waals surface area contributed by atoms with Crippen LogP contribution in [0.25, 0.3) is 0 Å². The van der Waals surface area contributed by atoms with Crippen molar-refractivity contribution in [3.05, 3.63) is 89.2 Å². The highest BCUT2D eigenvalue weighted by Crippen LogP contribution is 2.20. The highest BCUT2D eigenvalue weighted by Gasteiger charge is 2.18. The zero-order valence-corrected chi connectivity index (χ0v) is 16.3. The van der Waals surface area contributed by atoms with Gasteiger partial charge in [0.2, 0.25) is 0 Å². The number of amides is 2. The van der Waals surface area contributed by atoms with E-state index in [4.69, 9.17) is 0 Å². The van der Waals surface area contributed by atoms with E-state index in [1.807, 2.05) is 69.3 Å². The number of aryl methyl sites for hydroxylation is 1. The molecule has 1 heterocycles. The number of hydrogen-bond acceptors (Lipinski definition) is 3. The topological polar surface area (TPSA) is 62.3 Å². The van der Waals surface area contributed by atoms with Crippen molar-refractivity contribution >= 4 is 23.2 Å². The van der Waals surface area contributed by atoms with Crippen LogP contribution in [0.4, 0.5) is 11.4 Å². The van der Waals surface area contributed by atoms with Crippen LogP contribution in [-0.4, -0.2) is 23.3 Å². The van der Waals surface area contributed by atoms with Gasteiger partial charge in [-0.2, -0.15) is 0 Å². The Hall–Kier alpha value is -3.47. The molecule has 3 rings (SSSR count). The molecule has 142 valence electrons. The summed E-state index contributed by atoms with van der Waals surface area (Å²) in [5.41, 5.74) is 4.38. The number of rotatable bonds is 5. The lowest BCUT2D eigenvalue weighted by Crippen LogP contribution is -2.31. The fourth-order valence-corrected chi connectivity index (χ4v) is 2.97. The molecule has 5 heteroatoms. The van der Waals surface area contributed by atoms with Gasteiger partial charge in [-0.3, -0.25) is 14.6 Å². The average molecular weight is 373 g/mol. The van der Waals surface area contributed by atoms with Crippen LogP contribution in [0.3, 0.4) is 0 Å². The monoisotopic (exact) mass is 373 g/mol. The van der Waals surface area contributed by atoms with E-state index in [0.29, 0.717) is 17.7 Å². The third kappa shape index (κ3) is 4.09. The van der Waals surface area contributed by atoms with Gasteiger partial charge in [-0.05, 0) is 56.2 Å². The van der Waals surface area contributed by atoms with Crippen LogP contribution in [0.1, 0.15) is 38.8 Å². The van der Waals surface area contributed by atoms with Crippen molar-refractivity contribution in [2.24, 2.45) is 0 Å². The Morgan fingerprint density at radius 3 is 2.39 bits per heavy atom. The predicted molar refractivity (Wildman–Crippen MR) is 112 cm³/mol. The first-order valence-corrected chi connectivity index (χ1v) is 9.20. The molecule has 0 fully saturated rings. The first-order valence-electron chi connectivity index (χ1n) is 9.20. The van der Waals surface area contributed by atoms with Gasteiger partial charge in [-0.25, -0.2) is 0 Å². The lowest BCUT2D eigenvalue weighted by molar-refractivity contribution is 0.0988. The lowest BCUT2D eigenvalue weighted by Gasteiger charge is -2.21. The van der Waals surface area contributed by atoms with Crippen molar-refractivity contribution in [3.63, 3.8) is 0 Å². The number of pyridine rings is 1. The van der Waals surface area contributed by atoms with E-state index in [0.717, 1.165) is 22.5 Å². The maximum absolute atomic E-state index is 13.0. The Kier molecular flexibility index (Phi) is 5.84. The number of carbonyl (C=O) groups is 2. The number of para-hydroxylation sites is 1. The van der Waals surface area contributed by atoms with E-state index in [9.17, 15) is 9.59 Å². The molecule has 0 radical (unpaired) electrons. The average Bonchev–Trinajstić information content (AvgIpc) is 2.72. The fraction of sp³-hybridized carbons (Fsp3) is 0.174. The first kappa shape index (κ1) is 19.3. The van der Waals surface area contributed by atoms with Gasteiger partial charge in [0.1, 0.15) is 0 Å². The van der Waals surface area contributed by atoms with Gasteiger partial charge in [0.15, 0.2) is 0 Å².